The van der Waals surface area contributed by atoms with E-state index in [1.54, 1.807) is 36.3 Å². The minimum Gasteiger partial charge on any atom is -0.383 e. The number of halogens is 1. The number of rotatable bonds is 10. The number of thioether (sulfide) groups is 1. The summed E-state index contributed by atoms with van der Waals surface area (Å²) >= 11 is 7.31. The van der Waals surface area contributed by atoms with E-state index < -0.39 is 0 Å². The molecule has 3 rings (SSSR count). The van der Waals surface area contributed by atoms with Gasteiger partial charge in [0.2, 0.25) is 5.91 Å². The number of carbonyl (C=O) groups excluding carboxylic acids is 1. The van der Waals surface area contributed by atoms with Crippen LogP contribution in [0.25, 0.3) is 10.9 Å². The smallest absolute Gasteiger partial charge is 0.262 e. The van der Waals surface area contributed by atoms with Crippen molar-refractivity contribution in [3.05, 3.63) is 82.1 Å². The molecule has 0 aliphatic rings. The Bertz CT molecular complexity index is 1120. The molecule has 1 amide bonds. The summed E-state index contributed by atoms with van der Waals surface area (Å²) in [6, 6.07) is 14.8. The molecule has 0 aliphatic heterocycles. The van der Waals surface area contributed by atoms with E-state index in [1.165, 1.54) is 16.3 Å². The van der Waals surface area contributed by atoms with E-state index in [1.807, 2.05) is 30.3 Å². The summed E-state index contributed by atoms with van der Waals surface area (Å²) in [5, 5.41) is 1.44. The fourth-order valence-corrected chi connectivity index (χ4v) is 4.17. The van der Waals surface area contributed by atoms with Crippen LogP contribution in [0.1, 0.15) is 5.56 Å². The molecule has 3 aromatic rings. The van der Waals surface area contributed by atoms with Crippen molar-refractivity contribution >= 4 is 40.2 Å². The van der Waals surface area contributed by atoms with E-state index >= 15 is 0 Å². The fourth-order valence-electron chi connectivity index (χ4n) is 3.09. The highest BCUT2D eigenvalue weighted by Crippen LogP contribution is 2.21. The first-order valence-electron chi connectivity index (χ1n) is 9.78. The Hall–Kier alpha value is -2.61. The molecule has 0 atom stereocenters. The second-order valence-corrected chi connectivity index (χ2v) is 8.22. The number of aromatic nitrogens is 2. The van der Waals surface area contributed by atoms with Gasteiger partial charge in [-0.15, -0.1) is 6.58 Å². The lowest BCUT2D eigenvalue weighted by Crippen LogP contribution is -2.35. The van der Waals surface area contributed by atoms with Gasteiger partial charge in [-0.1, -0.05) is 59.8 Å². The Morgan fingerprint density at radius 2 is 2.06 bits per heavy atom. The van der Waals surface area contributed by atoms with Gasteiger partial charge in [0.1, 0.15) is 0 Å². The molecule has 6 nitrogen and oxygen atoms in total. The number of methoxy groups -OCH3 is 1. The van der Waals surface area contributed by atoms with Gasteiger partial charge in [0.15, 0.2) is 5.16 Å². The van der Waals surface area contributed by atoms with Crippen molar-refractivity contribution in [3.63, 3.8) is 0 Å². The van der Waals surface area contributed by atoms with Gasteiger partial charge < -0.3 is 9.64 Å². The number of hydrogen-bond acceptors (Lipinski definition) is 5. The standard InChI is InChI=1S/C23H24ClN3O3S/c1-3-11-27-22(29)19-10-9-18(24)14-20(19)25-23(27)31-16-21(28)26(12-13-30-2)15-17-7-5-4-6-8-17/h3-10,14H,1,11-13,15-16H2,2H3. The molecule has 1 aromatic heterocycles. The van der Waals surface area contributed by atoms with Crippen LogP contribution in [0.5, 0.6) is 0 Å². The van der Waals surface area contributed by atoms with Crippen LogP contribution in [0.2, 0.25) is 5.02 Å². The summed E-state index contributed by atoms with van der Waals surface area (Å²) in [4.78, 5) is 32.3. The summed E-state index contributed by atoms with van der Waals surface area (Å²) in [5.41, 5.74) is 1.37. The summed E-state index contributed by atoms with van der Waals surface area (Å²) in [7, 11) is 1.61. The third-order valence-corrected chi connectivity index (χ3v) is 5.85. The van der Waals surface area contributed by atoms with Gasteiger partial charge in [-0.2, -0.15) is 0 Å². The third-order valence-electron chi connectivity index (χ3n) is 4.65. The lowest BCUT2D eigenvalue weighted by Gasteiger charge is -2.22. The monoisotopic (exact) mass is 457 g/mol. The number of allylic oxidation sites excluding steroid dienone is 1. The highest BCUT2D eigenvalue weighted by Gasteiger charge is 2.17. The molecule has 0 spiro atoms. The number of fused-ring (bicyclic) bond motifs is 1. The van der Waals surface area contributed by atoms with Crippen LogP contribution in [0.15, 0.2) is 71.1 Å². The molecular weight excluding hydrogens is 434 g/mol. The van der Waals surface area contributed by atoms with Crippen molar-refractivity contribution in [1.82, 2.24) is 14.5 Å². The van der Waals surface area contributed by atoms with Crippen molar-refractivity contribution in [2.45, 2.75) is 18.2 Å². The minimum atomic E-state index is -0.183. The van der Waals surface area contributed by atoms with Gasteiger partial charge in [-0.25, -0.2) is 4.98 Å². The van der Waals surface area contributed by atoms with Crippen molar-refractivity contribution < 1.29 is 9.53 Å². The van der Waals surface area contributed by atoms with E-state index in [4.69, 9.17) is 16.3 Å². The Labute approximate surface area is 190 Å². The number of nitrogens with zero attached hydrogens (tertiary/aromatic N) is 3. The summed E-state index contributed by atoms with van der Waals surface area (Å²) in [6.07, 6.45) is 1.64. The van der Waals surface area contributed by atoms with Gasteiger partial charge in [0.05, 0.1) is 23.3 Å². The average molecular weight is 458 g/mol. The predicted molar refractivity (Wildman–Crippen MR) is 126 cm³/mol. The Morgan fingerprint density at radius 3 is 2.77 bits per heavy atom. The van der Waals surface area contributed by atoms with Crippen molar-refractivity contribution in [1.29, 1.82) is 0 Å². The Kier molecular flexibility index (Phi) is 8.28. The summed E-state index contributed by atoms with van der Waals surface area (Å²) in [6.45, 7) is 5.44. The van der Waals surface area contributed by atoms with Crippen molar-refractivity contribution in [2.75, 3.05) is 26.0 Å². The third kappa shape index (κ3) is 5.97. The zero-order valence-corrected chi connectivity index (χ0v) is 18.9. The molecule has 0 unspecified atom stereocenters. The van der Waals surface area contributed by atoms with Crippen LogP contribution in [-0.2, 0) is 22.6 Å². The van der Waals surface area contributed by atoms with Crippen LogP contribution in [0.4, 0.5) is 0 Å². The number of ether oxygens (including phenoxy) is 1. The second kappa shape index (κ2) is 11.1. The van der Waals surface area contributed by atoms with E-state index in [0.717, 1.165) is 5.56 Å². The second-order valence-electron chi connectivity index (χ2n) is 6.84. The lowest BCUT2D eigenvalue weighted by atomic mass is 10.2. The number of benzene rings is 2. The minimum absolute atomic E-state index is 0.0588. The molecule has 162 valence electrons. The van der Waals surface area contributed by atoms with Gasteiger partial charge in [0.25, 0.3) is 5.56 Å². The van der Waals surface area contributed by atoms with E-state index in [2.05, 4.69) is 11.6 Å². The Balaban J connectivity index is 1.83. The summed E-state index contributed by atoms with van der Waals surface area (Å²) in [5.74, 6) is 0.0862. The molecule has 0 N–H and O–H groups in total. The highest BCUT2D eigenvalue weighted by atomic mass is 35.5. The van der Waals surface area contributed by atoms with Crippen LogP contribution in [-0.4, -0.2) is 46.4 Å². The highest BCUT2D eigenvalue weighted by molar-refractivity contribution is 7.99. The maximum atomic E-state index is 13.0. The van der Waals surface area contributed by atoms with Gasteiger partial charge in [-0.05, 0) is 23.8 Å². The first kappa shape index (κ1) is 23.1. The van der Waals surface area contributed by atoms with Gasteiger partial charge in [-0.3, -0.25) is 14.2 Å². The molecule has 0 aliphatic carbocycles. The molecule has 2 aromatic carbocycles. The Morgan fingerprint density at radius 1 is 1.29 bits per heavy atom. The van der Waals surface area contributed by atoms with Crippen molar-refractivity contribution in [2.24, 2.45) is 0 Å². The van der Waals surface area contributed by atoms with E-state index in [0.29, 0.717) is 47.3 Å². The first-order valence-corrected chi connectivity index (χ1v) is 11.1. The topological polar surface area (TPSA) is 64.4 Å². The van der Waals surface area contributed by atoms with Crippen LogP contribution in [0.3, 0.4) is 0 Å². The van der Waals surface area contributed by atoms with E-state index in [-0.39, 0.29) is 17.2 Å². The quantitative estimate of drug-likeness (QED) is 0.261. The molecule has 0 saturated heterocycles. The SMILES string of the molecule is C=CCn1c(SCC(=O)N(CCOC)Cc2ccccc2)nc2cc(Cl)ccc2c1=O. The molecule has 31 heavy (non-hydrogen) atoms. The lowest BCUT2D eigenvalue weighted by molar-refractivity contribution is -0.129. The zero-order valence-electron chi connectivity index (χ0n) is 17.3. The number of hydrogen-bond donors (Lipinski definition) is 0. The first-order chi connectivity index (χ1) is 15.0. The normalized spacial score (nSPS) is 10.9. The fraction of sp³-hybridized carbons (Fsp3) is 0.261. The van der Waals surface area contributed by atoms with Gasteiger partial charge >= 0.3 is 0 Å². The number of carbonyl (C=O) groups is 1. The average Bonchev–Trinajstić information content (AvgIpc) is 2.77. The maximum Gasteiger partial charge on any atom is 0.262 e. The largest absolute Gasteiger partial charge is 0.383 e. The zero-order chi connectivity index (χ0) is 22.2. The van der Waals surface area contributed by atoms with Gasteiger partial charge in [0, 0.05) is 31.8 Å². The molecule has 0 saturated carbocycles. The molecule has 0 fully saturated rings. The predicted octanol–water partition coefficient (Wildman–Crippen LogP) is 4.00. The number of amides is 1. The summed E-state index contributed by atoms with van der Waals surface area (Å²) < 4.78 is 6.69. The van der Waals surface area contributed by atoms with Crippen LogP contribution in [0, 0.1) is 0 Å². The van der Waals surface area contributed by atoms with Crippen LogP contribution < -0.4 is 5.56 Å². The van der Waals surface area contributed by atoms with E-state index in [9.17, 15) is 9.59 Å². The van der Waals surface area contributed by atoms with Crippen molar-refractivity contribution in [3.8, 4) is 0 Å². The molecule has 1 heterocycles. The molecule has 0 bridgehead atoms. The molecular formula is C23H24ClN3O3S. The molecule has 8 heteroatoms. The molecule has 0 radical (unpaired) electrons. The maximum absolute atomic E-state index is 13.0. The van der Waals surface area contributed by atoms with Crippen LogP contribution >= 0.6 is 23.4 Å².